The minimum absolute atomic E-state index is 0.0687. The van der Waals surface area contributed by atoms with Crippen LogP contribution >= 0.6 is 11.8 Å². The van der Waals surface area contributed by atoms with Gasteiger partial charge in [0.1, 0.15) is 0 Å². The molecule has 20 heavy (non-hydrogen) atoms. The zero-order valence-corrected chi connectivity index (χ0v) is 13.8. The average molecular weight is 297 g/mol. The fourth-order valence-corrected chi connectivity index (χ4v) is 3.60. The van der Waals surface area contributed by atoms with Gasteiger partial charge in [0.25, 0.3) is 0 Å². The van der Waals surface area contributed by atoms with E-state index in [0.29, 0.717) is 5.25 Å². The highest BCUT2D eigenvalue weighted by molar-refractivity contribution is 7.99. The van der Waals surface area contributed by atoms with Gasteiger partial charge in [-0.1, -0.05) is 32.3 Å². The first-order valence-electron chi connectivity index (χ1n) is 7.85. The Hall–Kier alpha value is -0.550. The molecule has 2 atom stereocenters. The lowest BCUT2D eigenvalue weighted by atomic mass is 9.77. The quantitative estimate of drug-likeness (QED) is 0.834. The third-order valence-electron chi connectivity index (χ3n) is 4.19. The van der Waals surface area contributed by atoms with E-state index >= 15 is 0 Å². The van der Waals surface area contributed by atoms with E-state index in [1.165, 1.54) is 12.8 Å². The predicted molar refractivity (Wildman–Crippen MR) is 84.0 cm³/mol. The minimum Gasteiger partial charge on any atom is -0.339 e. The molecule has 0 saturated carbocycles. The second-order valence-electron chi connectivity index (χ2n) is 5.86. The Morgan fingerprint density at radius 3 is 2.95 bits per heavy atom. The van der Waals surface area contributed by atoms with Crippen molar-refractivity contribution in [3.05, 3.63) is 11.7 Å². The van der Waals surface area contributed by atoms with Crippen LogP contribution in [0.4, 0.5) is 0 Å². The van der Waals surface area contributed by atoms with Crippen LogP contribution in [0, 0.1) is 0 Å². The number of hydrogen-bond donors (Lipinski definition) is 1. The second-order valence-corrected chi connectivity index (χ2v) is 7.28. The number of piperidine rings is 1. The fourth-order valence-electron chi connectivity index (χ4n) is 2.81. The van der Waals surface area contributed by atoms with Crippen LogP contribution in [-0.4, -0.2) is 28.5 Å². The lowest BCUT2D eigenvalue weighted by molar-refractivity contribution is 0.213. The van der Waals surface area contributed by atoms with Gasteiger partial charge in [-0.2, -0.15) is 16.7 Å². The topological polar surface area (TPSA) is 51.0 Å². The Morgan fingerprint density at radius 2 is 2.30 bits per heavy atom. The molecule has 4 nitrogen and oxygen atoms in total. The van der Waals surface area contributed by atoms with E-state index in [9.17, 15) is 0 Å². The lowest BCUT2D eigenvalue weighted by Crippen LogP contribution is -2.43. The molecule has 0 aromatic carbocycles. The average Bonchev–Trinajstić information content (AvgIpc) is 2.95. The maximum absolute atomic E-state index is 5.61. The van der Waals surface area contributed by atoms with Crippen molar-refractivity contribution in [2.24, 2.45) is 0 Å². The second kappa shape index (κ2) is 7.46. The molecule has 5 heteroatoms. The van der Waals surface area contributed by atoms with E-state index in [1.807, 2.05) is 11.8 Å². The molecule has 1 fully saturated rings. The predicted octanol–water partition coefficient (Wildman–Crippen LogP) is 3.52. The number of rotatable bonds is 7. The zero-order chi connectivity index (χ0) is 14.4. The van der Waals surface area contributed by atoms with E-state index in [-0.39, 0.29) is 5.41 Å². The summed E-state index contributed by atoms with van der Waals surface area (Å²) in [4.78, 5) is 4.69. The first kappa shape index (κ1) is 15.8. The molecule has 0 radical (unpaired) electrons. The summed E-state index contributed by atoms with van der Waals surface area (Å²) in [6, 6.07) is 0. The number of nitrogens with zero attached hydrogens (tertiary/aromatic N) is 2. The zero-order valence-electron chi connectivity index (χ0n) is 12.9. The first-order valence-corrected chi connectivity index (χ1v) is 8.90. The number of nitrogens with one attached hydrogen (secondary N) is 1. The monoisotopic (exact) mass is 297 g/mol. The van der Waals surface area contributed by atoms with Gasteiger partial charge in [-0.05, 0) is 32.2 Å². The summed E-state index contributed by atoms with van der Waals surface area (Å²) >= 11 is 1.90. The molecule has 1 N–H and O–H groups in total. The van der Waals surface area contributed by atoms with Crippen LogP contribution in [0.15, 0.2) is 4.52 Å². The van der Waals surface area contributed by atoms with E-state index in [0.717, 1.165) is 49.8 Å². The molecule has 1 saturated heterocycles. The fraction of sp³-hybridized carbons (Fsp3) is 0.867. The summed E-state index contributed by atoms with van der Waals surface area (Å²) in [5.74, 6) is 2.56. The van der Waals surface area contributed by atoms with Gasteiger partial charge in [-0.25, -0.2) is 0 Å². The van der Waals surface area contributed by atoms with Crippen molar-refractivity contribution < 1.29 is 4.52 Å². The molecular weight excluding hydrogens is 270 g/mol. The van der Waals surface area contributed by atoms with Crippen molar-refractivity contribution in [1.82, 2.24) is 15.5 Å². The van der Waals surface area contributed by atoms with E-state index in [1.54, 1.807) is 0 Å². The standard InChI is InChI=1S/C15H27N3OS/c1-4-7-15(8-6-9-16-11-15)14-17-13(18-19-14)10-20-12(3)5-2/h12,16H,4-11H2,1-3H3. The molecular formula is C15H27N3OS. The van der Waals surface area contributed by atoms with Gasteiger partial charge in [0.2, 0.25) is 5.89 Å². The minimum atomic E-state index is 0.0687. The molecule has 0 spiro atoms. The van der Waals surface area contributed by atoms with Crippen molar-refractivity contribution in [3.8, 4) is 0 Å². The number of aromatic nitrogens is 2. The number of hydrogen-bond acceptors (Lipinski definition) is 5. The molecule has 0 aliphatic carbocycles. The maximum atomic E-state index is 5.61. The third kappa shape index (κ3) is 3.76. The van der Waals surface area contributed by atoms with Crippen molar-refractivity contribution in [3.63, 3.8) is 0 Å². The molecule has 0 amide bonds. The van der Waals surface area contributed by atoms with Crippen LogP contribution in [-0.2, 0) is 11.2 Å². The molecule has 2 unspecified atom stereocenters. The van der Waals surface area contributed by atoms with E-state index in [2.05, 4.69) is 31.2 Å². The van der Waals surface area contributed by atoms with Crippen LogP contribution < -0.4 is 5.32 Å². The Bertz CT molecular complexity index is 396. The summed E-state index contributed by atoms with van der Waals surface area (Å²) < 4.78 is 5.61. The molecule has 2 heterocycles. The van der Waals surface area contributed by atoms with Crippen molar-refractivity contribution in [2.75, 3.05) is 13.1 Å². The summed E-state index contributed by atoms with van der Waals surface area (Å²) in [5, 5.41) is 8.34. The molecule has 1 aromatic heterocycles. The van der Waals surface area contributed by atoms with E-state index < -0.39 is 0 Å². The molecule has 1 aliphatic rings. The van der Waals surface area contributed by atoms with Gasteiger partial charge in [-0.15, -0.1) is 0 Å². The molecule has 2 rings (SSSR count). The highest BCUT2D eigenvalue weighted by Crippen LogP contribution is 2.35. The number of thioether (sulfide) groups is 1. The summed E-state index contributed by atoms with van der Waals surface area (Å²) in [7, 11) is 0. The molecule has 114 valence electrons. The van der Waals surface area contributed by atoms with Gasteiger partial charge < -0.3 is 9.84 Å². The highest BCUT2D eigenvalue weighted by Gasteiger charge is 2.38. The van der Waals surface area contributed by atoms with Crippen molar-refractivity contribution in [1.29, 1.82) is 0 Å². The van der Waals surface area contributed by atoms with Gasteiger partial charge >= 0.3 is 0 Å². The van der Waals surface area contributed by atoms with E-state index in [4.69, 9.17) is 9.51 Å². The largest absolute Gasteiger partial charge is 0.339 e. The Morgan fingerprint density at radius 1 is 1.45 bits per heavy atom. The highest BCUT2D eigenvalue weighted by atomic mass is 32.2. The van der Waals surface area contributed by atoms with Gasteiger partial charge in [-0.3, -0.25) is 0 Å². The third-order valence-corrected chi connectivity index (χ3v) is 5.52. The maximum Gasteiger partial charge on any atom is 0.234 e. The molecule has 1 aromatic rings. The van der Waals surface area contributed by atoms with Crippen LogP contribution in [0.25, 0.3) is 0 Å². The molecule has 0 bridgehead atoms. The Balaban J connectivity index is 2.04. The van der Waals surface area contributed by atoms with Crippen LogP contribution in [0.1, 0.15) is 64.6 Å². The smallest absolute Gasteiger partial charge is 0.234 e. The Labute approximate surface area is 126 Å². The van der Waals surface area contributed by atoms with Gasteiger partial charge in [0, 0.05) is 11.8 Å². The SMILES string of the molecule is CCCC1(c2nc(CSC(C)CC)no2)CCCNC1. The van der Waals surface area contributed by atoms with Gasteiger partial charge in [0.05, 0.1) is 11.2 Å². The normalized spacial score (nSPS) is 24.8. The van der Waals surface area contributed by atoms with Crippen molar-refractivity contribution in [2.45, 2.75) is 69.3 Å². The van der Waals surface area contributed by atoms with Gasteiger partial charge in [0.15, 0.2) is 5.82 Å². The summed E-state index contributed by atoms with van der Waals surface area (Å²) in [5.41, 5.74) is 0.0687. The Kier molecular flexibility index (Phi) is 5.90. The first-order chi connectivity index (χ1) is 9.70. The van der Waals surface area contributed by atoms with Crippen molar-refractivity contribution >= 4 is 11.8 Å². The summed E-state index contributed by atoms with van der Waals surface area (Å²) in [6.07, 6.45) is 5.81. The van der Waals surface area contributed by atoms with Crippen LogP contribution in [0.3, 0.4) is 0 Å². The van der Waals surface area contributed by atoms with Crippen LogP contribution in [0.5, 0.6) is 0 Å². The van der Waals surface area contributed by atoms with Crippen LogP contribution in [0.2, 0.25) is 0 Å². The molecule has 1 aliphatic heterocycles. The lowest BCUT2D eigenvalue weighted by Gasteiger charge is -2.34. The summed E-state index contributed by atoms with van der Waals surface area (Å²) in [6.45, 7) is 8.77.